The lowest BCUT2D eigenvalue weighted by atomic mass is 10.1. The first-order chi connectivity index (χ1) is 15.0. The van der Waals surface area contributed by atoms with Gasteiger partial charge < -0.3 is 10.1 Å². The number of carbonyl (C=O) groups is 1. The molecular weight excluding hydrogens is 388 g/mol. The highest BCUT2D eigenvalue weighted by atomic mass is 16.5. The van der Waals surface area contributed by atoms with E-state index >= 15 is 0 Å². The number of aryl methyl sites for hydroxylation is 2. The van der Waals surface area contributed by atoms with E-state index in [0.29, 0.717) is 18.1 Å². The molecule has 3 aromatic carbocycles. The van der Waals surface area contributed by atoms with Gasteiger partial charge in [-0.15, -0.1) is 5.10 Å². The van der Waals surface area contributed by atoms with E-state index in [1.165, 1.54) is 0 Å². The molecule has 0 atom stereocenters. The monoisotopic (exact) mass is 412 g/mol. The van der Waals surface area contributed by atoms with Crippen molar-refractivity contribution in [2.24, 2.45) is 0 Å². The van der Waals surface area contributed by atoms with Crippen LogP contribution in [-0.2, 0) is 0 Å². The Morgan fingerprint density at radius 3 is 2.35 bits per heavy atom. The molecule has 6 nitrogen and oxygen atoms in total. The Bertz CT molecular complexity index is 1150. The second kappa shape index (κ2) is 8.83. The summed E-state index contributed by atoms with van der Waals surface area (Å²) in [5.74, 6) is 1.10. The van der Waals surface area contributed by atoms with Gasteiger partial charge in [0.15, 0.2) is 5.82 Å². The zero-order valence-corrected chi connectivity index (χ0v) is 17.8. The molecule has 0 aliphatic carbocycles. The molecule has 156 valence electrons. The van der Waals surface area contributed by atoms with E-state index in [4.69, 9.17) is 4.74 Å². The summed E-state index contributed by atoms with van der Waals surface area (Å²) in [6.07, 6.45) is 0. The van der Waals surface area contributed by atoms with Crippen molar-refractivity contribution in [3.63, 3.8) is 0 Å². The van der Waals surface area contributed by atoms with Crippen molar-refractivity contribution in [3.8, 4) is 22.8 Å². The SMILES string of the molecule is CCOc1ccc(NC(=O)c2nc(-c3cccc(C)c3)n(-c3cccc(C)c3)n2)cc1. The second-order valence-electron chi connectivity index (χ2n) is 7.29. The summed E-state index contributed by atoms with van der Waals surface area (Å²) in [7, 11) is 0. The maximum Gasteiger partial charge on any atom is 0.295 e. The first-order valence-electron chi connectivity index (χ1n) is 10.2. The molecule has 0 spiro atoms. The Labute approximate surface area is 181 Å². The summed E-state index contributed by atoms with van der Waals surface area (Å²) in [5.41, 5.74) is 4.61. The van der Waals surface area contributed by atoms with Gasteiger partial charge in [-0.25, -0.2) is 9.67 Å². The van der Waals surface area contributed by atoms with Crippen LogP contribution < -0.4 is 10.1 Å². The van der Waals surface area contributed by atoms with Crippen molar-refractivity contribution >= 4 is 11.6 Å². The first kappa shape index (κ1) is 20.3. The highest BCUT2D eigenvalue weighted by Gasteiger charge is 2.19. The molecule has 1 N–H and O–H groups in total. The fourth-order valence-corrected chi connectivity index (χ4v) is 3.31. The van der Waals surface area contributed by atoms with Gasteiger partial charge in [-0.1, -0.05) is 35.9 Å². The van der Waals surface area contributed by atoms with Gasteiger partial charge in [-0.05, 0) is 68.8 Å². The fourth-order valence-electron chi connectivity index (χ4n) is 3.31. The molecule has 0 bridgehead atoms. The predicted octanol–water partition coefficient (Wildman–Crippen LogP) is 5.20. The zero-order chi connectivity index (χ0) is 21.8. The standard InChI is InChI=1S/C25H24N4O2/c1-4-31-22-13-11-20(12-14-22)26-25(30)23-27-24(19-9-5-7-17(2)15-19)29(28-23)21-10-6-8-18(3)16-21/h5-16H,4H2,1-3H3,(H,26,30). The Hall–Kier alpha value is -3.93. The van der Waals surface area contributed by atoms with Crippen molar-refractivity contribution in [1.82, 2.24) is 14.8 Å². The lowest BCUT2D eigenvalue weighted by Gasteiger charge is -2.07. The van der Waals surface area contributed by atoms with Crippen molar-refractivity contribution in [2.75, 3.05) is 11.9 Å². The summed E-state index contributed by atoms with van der Waals surface area (Å²) in [6, 6.07) is 23.2. The van der Waals surface area contributed by atoms with Gasteiger partial charge in [0.2, 0.25) is 5.82 Å². The molecule has 1 heterocycles. The Balaban J connectivity index is 1.69. The number of carbonyl (C=O) groups excluding carboxylic acids is 1. The third-order valence-corrected chi connectivity index (χ3v) is 4.76. The van der Waals surface area contributed by atoms with Crippen LogP contribution in [0.4, 0.5) is 5.69 Å². The molecule has 31 heavy (non-hydrogen) atoms. The molecule has 0 saturated heterocycles. The van der Waals surface area contributed by atoms with E-state index in [1.807, 2.05) is 81.4 Å². The molecule has 0 radical (unpaired) electrons. The predicted molar refractivity (Wildman–Crippen MR) is 122 cm³/mol. The minimum absolute atomic E-state index is 0.104. The Morgan fingerprint density at radius 1 is 0.968 bits per heavy atom. The maximum absolute atomic E-state index is 12.9. The van der Waals surface area contributed by atoms with Crippen LogP contribution in [0, 0.1) is 13.8 Å². The molecule has 0 saturated carbocycles. The van der Waals surface area contributed by atoms with Gasteiger partial charge >= 0.3 is 0 Å². The largest absolute Gasteiger partial charge is 0.494 e. The third-order valence-electron chi connectivity index (χ3n) is 4.76. The summed E-state index contributed by atoms with van der Waals surface area (Å²) < 4.78 is 7.16. The van der Waals surface area contributed by atoms with Gasteiger partial charge in [-0.2, -0.15) is 0 Å². The van der Waals surface area contributed by atoms with E-state index in [1.54, 1.807) is 16.8 Å². The number of ether oxygens (including phenoxy) is 1. The van der Waals surface area contributed by atoms with Gasteiger partial charge in [0.1, 0.15) is 5.75 Å². The molecule has 0 fully saturated rings. The molecular formula is C25H24N4O2. The van der Waals surface area contributed by atoms with Gasteiger partial charge in [0.25, 0.3) is 5.91 Å². The number of hydrogen-bond donors (Lipinski definition) is 1. The topological polar surface area (TPSA) is 69.0 Å². The number of amides is 1. The minimum atomic E-state index is -0.371. The molecule has 0 aliphatic heterocycles. The van der Waals surface area contributed by atoms with Crippen LogP contribution in [0.5, 0.6) is 5.75 Å². The van der Waals surface area contributed by atoms with Crippen LogP contribution in [0.2, 0.25) is 0 Å². The lowest BCUT2D eigenvalue weighted by molar-refractivity contribution is 0.101. The summed E-state index contributed by atoms with van der Waals surface area (Å²) in [6.45, 7) is 6.56. The normalized spacial score (nSPS) is 10.7. The number of nitrogens with one attached hydrogen (secondary N) is 1. The highest BCUT2D eigenvalue weighted by molar-refractivity contribution is 6.01. The number of nitrogens with zero attached hydrogens (tertiary/aromatic N) is 3. The minimum Gasteiger partial charge on any atom is -0.494 e. The molecule has 0 unspecified atom stereocenters. The van der Waals surface area contributed by atoms with E-state index in [-0.39, 0.29) is 11.7 Å². The van der Waals surface area contributed by atoms with Gasteiger partial charge in [0, 0.05) is 11.3 Å². The lowest BCUT2D eigenvalue weighted by Crippen LogP contribution is -2.14. The summed E-state index contributed by atoms with van der Waals surface area (Å²) in [5, 5.41) is 7.40. The smallest absolute Gasteiger partial charge is 0.295 e. The van der Waals surface area contributed by atoms with Crippen molar-refractivity contribution in [1.29, 1.82) is 0 Å². The van der Waals surface area contributed by atoms with Crippen LogP contribution >= 0.6 is 0 Å². The van der Waals surface area contributed by atoms with Gasteiger partial charge in [0.05, 0.1) is 12.3 Å². The highest BCUT2D eigenvalue weighted by Crippen LogP contribution is 2.23. The molecule has 4 aromatic rings. The van der Waals surface area contributed by atoms with Crippen LogP contribution in [0.1, 0.15) is 28.7 Å². The van der Waals surface area contributed by atoms with Crippen LogP contribution in [0.15, 0.2) is 72.8 Å². The molecule has 1 aromatic heterocycles. The Kier molecular flexibility index (Phi) is 5.80. The number of aromatic nitrogens is 3. The van der Waals surface area contributed by atoms with Crippen LogP contribution in [0.25, 0.3) is 17.1 Å². The summed E-state index contributed by atoms with van der Waals surface area (Å²) >= 11 is 0. The number of anilines is 1. The fraction of sp³-hybridized carbons (Fsp3) is 0.160. The quantitative estimate of drug-likeness (QED) is 0.472. The maximum atomic E-state index is 12.9. The van der Waals surface area contributed by atoms with E-state index in [0.717, 1.165) is 28.1 Å². The van der Waals surface area contributed by atoms with E-state index < -0.39 is 0 Å². The number of hydrogen-bond acceptors (Lipinski definition) is 4. The number of benzene rings is 3. The zero-order valence-electron chi connectivity index (χ0n) is 17.8. The molecule has 1 amide bonds. The Morgan fingerprint density at radius 2 is 1.68 bits per heavy atom. The first-order valence-corrected chi connectivity index (χ1v) is 10.2. The van der Waals surface area contributed by atoms with Crippen LogP contribution in [0.3, 0.4) is 0 Å². The molecule has 0 aliphatic rings. The average Bonchev–Trinajstić information content (AvgIpc) is 3.21. The van der Waals surface area contributed by atoms with Crippen molar-refractivity contribution in [3.05, 3.63) is 89.7 Å². The molecule has 4 rings (SSSR count). The van der Waals surface area contributed by atoms with E-state index in [2.05, 4.69) is 15.4 Å². The summed E-state index contributed by atoms with van der Waals surface area (Å²) in [4.78, 5) is 17.5. The third kappa shape index (κ3) is 4.64. The van der Waals surface area contributed by atoms with Crippen molar-refractivity contribution in [2.45, 2.75) is 20.8 Å². The second-order valence-corrected chi connectivity index (χ2v) is 7.29. The van der Waals surface area contributed by atoms with Gasteiger partial charge in [-0.3, -0.25) is 4.79 Å². The number of rotatable bonds is 6. The van der Waals surface area contributed by atoms with Crippen LogP contribution in [-0.4, -0.2) is 27.3 Å². The average molecular weight is 412 g/mol. The van der Waals surface area contributed by atoms with Crippen molar-refractivity contribution < 1.29 is 9.53 Å². The van der Waals surface area contributed by atoms with E-state index in [9.17, 15) is 4.79 Å². The molecule has 6 heteroatoms.